The van der Waals surface area contributed by atoms with E-state index in [-0.39, 0.29) is 25.0 Å². The van der Waals surface area contributed by atoms with Gasteiger partial charge in [0.1, 0.15) is 12.1 Å². The van der Waals surface area contributed by atoms with Crippen molar-refractivity contribution in [3.63, 3.8) is 0 Å². The predicted molar refractivity (Wildman–Crippen MR) is 94.7 cm³/mol. The molecule has 0 saturated heterocycles. The van der Waals surface area contributed by atoms with Crippen LogP contribution >= 0.6 is 12.6 Å². The van der Waals surface area contributed by atoms with Crippen molar-refractivity contribution in [2.45, 2.75) is 50.2 Å². The first-order valence-electron chi connectivity index (χ1n) is 7.91. The third-order valence-electron chi connectivity index (χ3n) is 3.42. The normalized spacial score (nSPS) is 14.2. The molecule has 0 bridgehead atoms. The second-order valence-corrected chi connectivity index (χ2v) is 5.90. The summed E-state index contributed by atoms with van der Waals surface area (Å²) in [6.45, 7) is 0.429. The Balaban J connectivity index is 4.63. The van der Waals surface area contributed by atoms with E-state index in [2.05, 4.69) is 23.3 Å². The summed E-state index contributed by atoms with van der Waals surface area (Å²) in [5.74, 6) is -3.13. The molecule has 0 spiro atoms. The highest BCUT2D eigenvalue weighted by Crippen LogP contribution is 2.03. The Bertz CT molecular complexity index is 477. The van der Waals surface area contributed by atoms with E-state index >= 15 is 0 Å². The monoisotopic (exact) mass is 377 g/mol. The fourth-order valence-corrected chi connectivity index (χ4v) is 2.18. The Kier molecular flexibility index (Phi) is 11.6. The number of aliphatic carboxylic acids is 1. The first-order chi connectivity index (χ1) is 11.7. The molecule has 0 aromatic rings. The summed E-state index contributed by atoms with van der Waals surface area (Å²) >= 11 is 3.99. The van der Waals surface area contributed by atoms with Gasteiger partial charge in [0.05, 0.1) is 6.04 Å². The van der Waals surface area contributed by atoms with Gasteiger partial charge in [0.2, 0.25) is 17.7 Å². The fraction of sp³-hybridized carbons (Fsp3) is 0.714. The zero-order valence-corrected chi connectivity index (χ0v) is 14.8. The molecule has 3 unspecified atom stereocenters. The fourth-order valence-electron chi connectivity index (χ4n) is 1.92. The first-order valence-corrected chi connectivity index (χ1v) is 8.54. The number of carbonyl (C=O) groups excluding carboxylic acids is 3. The van der Waals surface area contributed by atoms with Crippen LogP contribution in [0.4, 0.5) is 0 Å². The lowest BCUT2D eigenvalue weighted by Crippen LogP contribution is -2.55. The molecular weight excluding hydrogens is 350 g/mol. The van der Waals surface area contributed by atoms with Gasteiger partial charge in [-0.3, -0.25) is 14.4 Å². The van der Waals surface area contributed by atoms with Crippen molar-refractivity contribution >= 4 is 36.3 Å². The molecule has 0 saturated carbocycles. The number of rotatable bonds is 13. The molecule has 0 aliphatic rings. The van der Waals surface area contributed by atoms with Gasteiger partial charge in [0.15, 0.2) is 0 Å². The average Bonchev–Trinajstić information content (AvgIpc) is 2.55. The van der Waals surface area contributed by atoms with Crippen LogP contribution in [-0.2, 0) is 19.2 Å². The highest BCUT2D eigenvalue weighted by atomic mass is 32.1. The van der Waals surface area contributed by atoms with E-state index in [0.717, 1.165) is 0 Å². The number of hydrogen-bond acceptors (Lipinski definition) is 7. The van der Waals surface area contributed by atoms with Crippen molar-refractivity contribution in [1.82, 2.24) is 10.6 Å². The molecule has 0 aromatic carbocycles. The third-order valence-corrected chi connectivity index (χ3v) is 3.78. The van der Waals surface area contributed by atoms with E-state index in [1.54, 1.807) is 0 Å². The Morgan fingerprint density at radius 1 is 1.00 bits per heavy atom. The minimum Gasteiger partial charge on any atom is -0.480 e. The van der Waals surface area contributed by atoms with E-state index in [1.807, 2.05) is 0 Å². The molecule has 0 fully saturated rings. The van der Waals surface area contributed by atoms with Crippen LogP contribution < -0.4 is 27.8 Å². The molecule has 3 atom stereocenters. The van der Waals surface area contributed by atoms with Gasteiger partial charge in [0.25, 0.3) is 0 Å². The second kappa shape index (κ2) is 12.5. The lowest BCUT2D eigenvalue weighted by Gasteiger charge is -2.21. The number of primary amides is 1. The van der Waals surface area contributed by atoms with E-state index < -0.39 is 41.8 Å². The summed E-state index contributed by atoms with van der Waals surface area (Å²) in [7, 11) is 0. The zero-order valence-electron chi connectivity index (χ0n) is 13.9. The molecule has 0 radical (unpaired) electrons. The average molecular weight is 377 g/mol. The SMILES string of the molecule is NCCCCC(NC(=O)C(CS)NC(=O)C(N)CCC(N)=O)C(=O)O. The molecule has 10 nitrogen and oxygen atoms in total. The Hall–Kier alpha value is -1.85. The minimum atomic E-state index is -1.17. The molecule has 0 rings (SSSR count). The van der Waals surface area contributed by atoms with Crippen LogP contribution in [-0.4, -0.2) is 59.2 Å². The Labute approximate surface area is 151 Å². The van der Waals surface area contributed by atoms with Crippen molar-refractivity contribution in [3.05, 3.63) is 0 Å². The highest BCUT2D eigenvalue weighted by Gasteiger charge is 2.26. The van der Waals surface area contributed by atoms with Gasteiger partial charge in [0, 0.05) is 12.2 Å². The second-order valence-electron chi connectivity index (χ2n) is 5.54. The topological polar surface area (TPSA) is 191 Å². The van der Waals surface area contributed by atoms with Crippen LogP contribution in [0.2, 0.25) is 0 Å². The first kappa shape index (κ1) is 23.1. The number of unbranched alkanes of at least 4 members (excludes halogenated alkanes) is 1. The molecule has 144 valence electrons. The molecule has 0 aliphatic heterocycles. The van der Waals surface area contributed by atoms with Crippen LogP contribution in [0.3, 0.4) is 0 Å². The number of thiol groups is 1. The van der Waals surface area contributed by atoms with Gasteiger partial charge in [-0.1, -0.05) is 0 Å². The van der Waals surface area contributed by atoms with Crippen molar-refractivity contribution in [1.29, 1.82) is 0 Å². The van der Waals surface area contributed by atoms with Gasteiger partial charge < -0.3 is 32.9 Å². The smallest absolute Gasteiger partial charge is 0.326 e. The van der Waals surface area contributed by atoms with Crippen LogP contribution in [0.15, 0.2) is 0 Å². The van der Waals surface area contributed by atoms with Gasteiger partial charge >= 0.3 is 5.97 Å². The van der Waals surface area contributed by atoms with Crippen molar-refractivity contribution in [3.8, 4) is 0 Å². The summed E-state index contributed by atoms with van der Waals surface area (Å²) in [6.07, 6.45) is 1.39. The molecular formula is C14H27N5O5S. The number of amides is 3. The standard InChI is InChI=1S/C14H27N5O5S/c15-6-2-1-3-9(14(23)24)18-13(22)10(7-25)19-12(21)8(16)4-5-11(17)20/h8-10,25H,1-7,15-16H2,(H2,17,20)(H,18,22)(H,19,21)(H,23,24). The highest BCUT2D eigenvalue weighted by molar-refractivity contribution is 7.80. The van der Waals surface area contributed by atoms with Crippen molar-refractivity contribution < 1.29 is 24.3 Å². The van der Waals surface area contributed by atoms with Crippen LogP contribution in [0, 0.1) is 0 Å². The molecule has 0 aliphatic carbocycles. The zero-order chi connectivity index (χ0) is 19.4. The minimum absolute atomic E-state index is 0.0406. The van der Waals surface area contributed by atoms with Gasteiger partial charge in [-0.15, -0.1) is 0 Å². The summed E-state index contributed by atoms with van der Waals surface area (Å²) < 4.78 is 0. The van der Waals surface area contributed by atoms with Crippen LogP contribution in [0.25, 0.3) is 0 Å². The summed E-state index contributed by atoms with van der Waals surface area (Å²) in [5, 5.41) is 13.9. The maximum atomic E-state index is 12.2. The number of carboxylic acids is 1. The molecule has 3 amide bonds. The predicted octanol–water partition coefficient (Wildman–Crippen LogP) is -2.31. The molecule has 25 heavy (non-hydrogen) atoms. The Morgan fingerprint density at radius 3 is 2.08 bits per heavy atom. The van der Waals surface area contributed by atoms with Gasteiger partial charge in [-0.05, 0) is 32.2 Å². The van der Waals surface area contributed by atoms with Crippen molar-refractivity contribution in [2.75, 3.05) is 12.3 Å². The molecule has 11 heteroatoms. The summed E-state index contributed by atoms with van der Waals surface area (Å²) in [4.78, 5) is 46.0. The number of nitrogens with one attached hydrogen (secondary N) is 2. The number of nitrogens with two attached hydrogens (primary N) is 3. The quantitative estimate of drug-likeness (QED) is 0.138. The maximum absolute atomic E-state index is 12.2. The number of carbonyl (C=O) groups is 4. The number of carboxylic acid groups (broad SMARTS) is 1. The maximum Gasteiger partial charge on any atom is 0.326 e. The molecule has 0 heterocycles. The number of hydrogen-bond donors (Lipinski definition) is 7. The van der Waals surface area contributed by atoms with Crippen LogP contribution in [0.5, 0.6) is 0 Å². The van der Waals surface area contributed by atoms with Gasteiger partial charge in [-0.25, -0.2) is 4.79 Å². The lowest BCUT2D eigenvalue weighted by molar-refractivity contribution is -0.142. The lowest BCUT2D eigenvalue weighted by atomic mass is 10.1. The van der Waals surface area contributed by atoms with E-state index in [0.29, 0.717) is 19.4 Å². The van der Waals surface area contributed by atoms with Crippen LogP contribution in [0.1, 0.15) is 32.1 Å². The van der Waals surface area contributed by atoms with E-state index in [4.69, 9.17) is 22.3 Å². The van der Waals surface area contributed by atoms with Crippen molar-refractivity contribution in [2.24, 2.45) is 17.2 Å². The van der Waals surface area contributed by atoms with E-state index in [9.17, 15) is 19.2 Å². The van der Waals surface area contributed by atoms with E-state index in [1.165, 1.54) is 0 Å². The van der Waals surface area contributed by atoms with Gasteiger partial charge in [-0.2, -0.15) is 12.6 Å². The molecule has 9 N–H and O–H groups in total. The molecule has 0 aromatic heterocycles. The summed E-state index contributed by atoms with van der Waals surface area (Å²) in [5.41, 5.74) is 16.0. The Morgan fingerprint density at radius 2 is 1.60 bits per heavy atom. The largest absolute Gasteiger partial charge is 0.480 e. The summed E-state index contributed by atoms with van der Waals surface area (Å²) in [6, 6.07) is -3.14. The third kappa shape index (κ3) is 9.89.